The summed E-state index contributed by atoms with van der Waals surface area (Å²) in [5.41, 5.74) is 0. The van der Waals surface area contributed by atoms with E-state index in [1.54, 1.807) is 0 Å². The van der Waals surface area contributed by atoms with Crippen LogP contribution < -0.4 is 16.0 Å². The van der Waals surface area contributed by atoms with Crippen molar-refractivity contribution in [3.63, 3.8) is 0 Å². The third kappa shape index (κ3) is 5.01. The van der Waals surface area contributed by atoms with Crippen LogP contribution in [0.25, 0.3) is 0 Å². The first-order chi connectivity index (χ1) is 9.88. The van der Waals surface area contributed by atoms with Crippen LogP contribution in [0.1, 0.15) is 25.7 Å². The molecule has 9 heteroatoms. The number of amides is 2. The number of hydrogen-bond acceptors (Lipinski definition) is 3. The van der Waals surface area contributed by atoms with Gasteiger partial charge in [0.05, 0.1) is 0 Å². The lowest BCUT2D eigenvalue weighted by molar-refractivity contribution is -0.171. The number of piperidine rings is 1. The van der Waals surface area contributed by atoms with Crippen LogP contribution in [0, 0.1) is 11.8 Å². The van der Waals surface area contributed by atoms with E-state index in [1.807, 2.05) is 5.32 Å². The first kappa shape index (κ1) is 19.0. The highest BCUT2D eigenvalue weighted by atomic mass is 35.5. The van der Waals surface area contributed by atoms with Crippen LogP contribution >= 0.6 is 12.4 Å². The van der Waals surface area contributed by atoms with Gasteiger partial charge in [-0.15, -0.1) is 12.4 Å². The van der Waals surface area contributed by atoms with Gasteiger partial charge in [0.15, 0.2) is 0 Å². The Morgan fingerprint density at radius 1 is 1.27 bits per heavy atom. The third-order valence-electron chi connectivity index (χ3n) is 4.10. The first-order valence-corrected chi connectivity index (χ1v) is 7.23. The van der Waals surface area contributed by atoms with Crippen LogP contribution in [-0.2, 0) is 9.59 Å². The minimum atomic E-state index is -4.45. The number of halogens is 4. The number of alkyl halides is 3. The van der Waals surface area contributed by atoms with Crippen molar-refractivity contribution in [1.29, 1.82) is 0 Å². The summed E-state index contributed by atoms with van der Waals surface area (Å²) in [6.45, 7) is 2.35. The molecule has 2 fully saturated rings. The highest BCUT2D eigenvalue weighted by Crippen LogP contribution is 2.28. The SMILES string of the molecule is Cl.O=C(NCCC1CCNC1)C1CCC(C(F)(F)F)NC1=O. The Bertz CT molecular complexity index is 400. The smallest absolute Gasteiger partial charge is 0.355 e. The maximum Gasteiger partial charge on any atom is 0.408 e. The van der Waals surface area contributed by atoms with Gasteiger partial charge in [-0.2, -0.15) is 13.2 Å². The predicted molar refractivity (Wildman–Crippen MR) is 76.6 cm³/mol. The van der Waals surface area contributed by atoms with Crippen LogP contribution in [0.5, 0.6) is 0 Å². The van der Waals surface area contributed by atoms with E-state index >= 15 is 0 Å². The highest BCUT2D eigenvalue weighted by Gasteiger charge is 2.45. The molecule has 3 unspecified atom stereocenters. The average Bonchev–Trinajstić information content (AvgIpc) is 2.90. The minimum absolute atomic E-state index is 0. The third-order valence-corrected chi connectivity index (χ3v) is 4.10. The molecule has 0 spiro atoms. The summed E-state index contributed by atoms with van der Waals surface area (Å²) in [7, 11) is 0. The van der Waals surface area contributed by atoms with Crippen LogP contribution in [0.3, 0.4) is 0 Å². The molecule has 0 aromatic carbocycles. The monoisotopic (exact) mass is 343 g/mol. The minimum Gasteiger partial charge on any atom is -0.355 e. The standard InChI is InChI=1S/C13H20F3N3O2.ClH/c14-13(15,16)10-2-1-9(12(21)19-10)11(20)18-6-4-8-3-5-17-7-8;/h8-10,17H,1-7H2,(H,18,20)(H,19,21);1H. The van der Waals surface area contributed by atoms with E-state index in [1.165, 1.54) is 0 Å². The number of nitrogens with one attached hydrogen (secondary N) is 3. The molecule has 3 atom stereocenters. The van der Waals surface area contributed by atoms with E-state index in [4.69, 9.17) is 0 Å². The Balaban J connectivity index is 0.00000242. The van der Waals surface area contributed by atoms with E-state index in [2.05, 4.69) is 10.6 Å². The molecule has 22 heavy (non-hydrogen) atoms. The van der Waals surface area contributed by atoms with E-state index in [0.717, 1.165) is 25.9 Å². The van der Waals surface area contributed by atoms with Gasteiger partial charge in [0, 0.05) is 6.54 Å². The Hall–Kier alpha value is -1.02. The molecular weight excluding hydrogens is 323 g/mol. The lowest BCUT2D eigenvalue weighted by atomic mass is 9.92. The molecule has 0 aliphatic carbocycles. The number of hydrogen-bond donors (Lipinski definition) is 3. The summed E-state index contributed by atoms with van der Waals surface area (Å²) in [6.07, 6.45) is -2.88. The first-order valence-electron chi connectivity index (χ1n) is 7.23. The molecule has 2 aliphatic heterocycles. The summed E-state index contributed by atoms with van der Waals surface area (Å²) in [5, 5.41) is 7.76. The second-order valence-corrected chi connectivity index (χ2v) is 5.67. The molecule has 2 heterocycles. The van der Waals surface area contributed by atoms with E-state index in [0.29, 0.717) is 12.5 Å². The fourth-order valence-electron chi connectivity index (χ4n) is 2.79. The van der Waals surface area contributed by atoms with Crippen LogP contribution in [0.4, 0.5) is 13.2 Å². The lowest BCUT2D eigenvalue weighted by Crippen LogP contribution is -2.54. The van der Waals surface area contributed by atoms with Crippen molar-refractivity contribution in [2.75, 3.05) is 19.6 Å². The van der Waals surface area contributed by atoms with Gasteiger partial charge in [0.25, 0.3) is 0 Å². The van der Waals surface area contributed by atoms with Gasteiger partial charge in [-0.05, 0) is 44.7 Å². The Morgan fingerprint density at radius 3 is 2.55 bits per heavy atom. The molecule has 0 aromatic rings. The van der Waals surface area contributed by atoms with Gasteiger partial charge in [-0.1, -0.05) is 0 Å². The van der Waals surface area contributed by atoms with Crippen molar-refractivity contribution in [3.8, 4) is 0 Å². The fourth-order valence-corrected chi connectivity index (χ4v) is 2.79. The molecule has 2 aliphatic rings. The Morgan fingerprint density at radius 2 is 2.00 bits per heavy atom. The maximum atomic E-state index is 12.5. The fraction of sp³-hybridized carbons (Fsp3) is 0.846. The molecule has 0 aromatic heterocycles. The molecular formula is C13H21ClF3N3O2. The molecule has 0 bridgehead atoms. The van der Waals surface area contributed by atoms with Gasteiger partial charge in [0.1, 0.15) is 12.0 Å². The normalized spacial score (nSPS) is 28.7. The highest BCUT2D eigenvalue weighted by molar-refractivity contribution is 6.00. The van der Waals surface area contributed by atoms with Gasteiger partial charge in [0.2, 0.25) is 11.8 Å². The van der Waals surface area contributed by atoms with Gasteiger partial charge >= 0.3 is 6.18 Å². The van der Waals surface area contributed by atoms with E-state index < -0.39 is 30.0 Å². The second kappa shape index (κ2) is 8.01. The van der Waals surface area contributed by atoms with Crippen LogP contribution in [-0.4, -0.2) is 43.7 Å². The topological polar surface area (TPSA) is 70.2 Å². The number of carbonyl (C=O) groups excluding carboxylic acids is 2. The largest absolute Gasteiger partial charge is 0.408 e. The summed E-state index contributed by atoms with van der Waals surface area (Å²) in [4.78, 5) is 23.5. The summed E-state index contributed by atoms with van der Waals surface area (Å²) in [6, 6.07) is -1.83. The zero-order valence-electron chi connectivity index (χ0n) is 12.0. The van der Waals surface area contributed by atoms with E-state index in [9.17, 15) is 22.8 Å². The van der Waals surface area contributed by atoms with Crippen molar-refractivity contribution in [1.82, 2.24) is 16.0 Å². The second-order valence-electron chi connectivity index (χ2n) is 5.67. The molecule has 2 amide bonds. The Labute approximate surface area is 133 Å². The molecule has 2 saturated heterocycles. The van der Waals surface area contributed by atoms with Crippen molar-refractivity contribution in [2.24, 2.45) is 11.8 Å². The Kier molecular flexibility index (Phi) is 6.93. The predicted octanol–water partition coefficient (Wildman–Crippen LogP) is 0.981. The van der Waals surface area contributed by atoms with Crippen LogP contribution in [0.2, 0.25) is 0 Å². The summed E-state index contributed by atoms with van der Waals surface area (Å²) >= 11 is 0. The van der Waals surface area contributed by atoms with Gasteiger partial charge < -0.3 is 16.0 Å². The molecule has 2 rings (SSSR count). The van der Waals surface area contributed by atoms with Crippen molar-refractivity contribution >= 4 is 24.2 Å². The quantitative estimate of drug-likeness (QED) is 0.666. The van der Waals surface area contributed by atoms with Crippen LogP contribution in [0.15, 0.2) is 0 Å². The molecule has 3 N–H and O–H groups in total. The summed E-state index contributed by atoms with van der Waals surface area (Å²) in [5.74, 6) is -1.80. The van der Waals surface area contributed by atoms with E-state index in [-0.39, 0.29) is 25.2 Å². The van der Waals surface area contributed by atoms with Gasteiger partial charge in [-0.25, -0.2) is 0 Å². The molecule has 5 nitrogen and oxygen atoms in total. The molecule has 0 radical (unpaired) electrons. The summed E-state index contributed by atoms with van der Waals surface area (Å²) < 4.78 is 37.5. The van der Waals surface area contributed by atoms with Crippen molar-refractivity contribution < 1.29 is 22.8 Å². The number of rotatable bonds is 4. The lowest BCUT2D eigenvalue weighted by Gasteiger charge is -2.29. The number of carbonyl (C=O) groups is 2. The van der Waals surface area contributed by atoms with Crippen molar-refractivity contribution in [3.05, 3.63) is 0 Å². The zero-order valence-corrected chi connectivity index (χ0v) is 12.9. The zero-order chi connectivity index (χ0) is 15.5. The average molecular weight is 344 g/mol. The molecule has 128 valence electrons. The van der Waals surface area contributed by atoms with Crippen molar-refractivity contribution in [2.45, 2.75) is 37.9 Å². The maximum absolute atomic E-state index is 12.5. The molecule has 0 saturated carbocycles. The van der Waals surface area contributed by atoms with Gasteiger partial charge in [-0.3, -0.25) is 9.59 Å².